The number of ether oxygens (including phenoxy) is 2. The molecule has 1 saturated carbocycles. The highest BCUT2D eigenvalue weighted by molar-refractivity contribution is 5.92. The maximum Gasteiger partial charge on any atom is 0.337 e. The number of methoxy groups -OCH3 is 2. The highest BCUT2D eigenvalue weighted by atomic mass is 16.5. The van der Waals surface area contributed by atoms with E-state index < -0.39 is 11.6 Å². The topological polar surface area (TPSA) is 88.1 Å². The van der Waals surface area contributed by atoms with E-state index in [0.717, 1.165) is 11.3 Å². The second-order valence-electron chi connectivity index (χ2n) is 8.10. The summed E-state index contributed by atoms with van der Waals surface area (Å²) in [6.07, 6.45) is 1.25. The molecule has 2 aromatic carbocycles. The molecule has 3 atom stereocenters. The largest absolute Gasteiger partial charge is 0.497 e. The number of hydrogen-bond acceptors (Lipinski definition) is 5. The predicted molar refractivity (Wildman–Crippen MR) is 111 cm³/mol. The van der Waals surface area contributed by atoms with Gasteiger partial charge in [-0.3, -0.25) is 0 Å². The molecule has 4 rings (SSSR count). The predicted octanol–water partition coefficient (Wildman–Crippen LogP) is 3.24. The van der Waals surface area contributed by atoms with Gasteiger partial charge in [0.05, 0.1) is 25.4 Å². The van der Waals surface area contributed by atoms with Crippen molar-refractivity contribution in [3.8, 4) is 5.75 Å². The first-order chi connectivity index (χ1) is 14.4. The van der Waals surface area contributed by atoms with Crippen LogP contribution >= 0.6 is 0 Å². The van der Waals surface area contributed by atoms with Crippen LogP contribution in [0, 0.1) is 11.8 Å². The van der Waals surface area contributed by atoms with Crippen molar-refractivity contribution in [1.29, 1.82) is 0 Å². The van der Waals surface area contributed by atoms with Crippen LogP contribution in [0.5, 0.6) is 5.75 Å². The second kappa shape index (κ2) is 7.99. The Kier molecular flexibility index (Phi) is 5.39. The van der Waals surface area contributed by atoms with Crippen molar-refractivity contribution < 1.29 is 24.2 Å². The van der Waals surface area contributed by atoms with E-state index in [9.17, 15) is 14.7 Å². The minimum absolute atomic E-state index is 0.167. The summed E-state index contributed by atoms with van der Waals surface area (Å²) in [6.45, 7) is 1.23. The summed E-state index contributed by atoms with van der Waals surface area (Å²) in [5.74, 6) is 0.836. The Morgan fingerprint density at radius 1 is 1.07 bits per heavy atom. The van der Waals surface area contributed by atoms with Gasteiger partial charge in [-0.15, -0.1) is 0 Å². The third kappa shape index (κ3) is 3.85. The third-order valence-corrected chi connectivity index (χ3v) is 6.23. The number of amides is 2. The number of likely N-dealkylation sites (tertiary alicyclic amines) is 1. The summed E-state index contributed by atoms with van der Waals surface area (Å²) in [4.78, 5) is 26.0. The Morgan fingerprint density at radius 2 is 1.73 bits per heavy atom. The number of benzene rings is 2. The number of anilines is 1. The molecular weight excluding hydrogens is 384 g/mol. The maximum atomic E-state index is 12.7. The Bertz CT molecular complexity index is 929. The van der Waals surface area contributed by atoms with Crippen LogP contribution in [0.3, 0.4) is 0 Å². The number of fused-ring (bicyclic) bond motifs is 1. The van der Waals surface area contributed by atoms with Gasteiger partial charge in [-0.2, -0.15) is 0 Å². The van der Waals surface area contributed by atoms with E-state index in [2.05, 4.69) is 10.1 Å². The highest BCUT2D eigenvalue weighted by Crippen LogP contribution is 2.49. The van der Waals surface area contributed by atoms with Gasteiger partial charge in [0.25, 0.3) is 0 Å². The summed E-state index contributed by atoms with van der Waals surface area (Å²) in [5.41, 5.74) is 1.05. The number of esters is 1. The molecule has 7 nitrogen and oxygen atoms in total. The monoisotopic (exact) mass is 410 g/mol. The van der Waals surface area contributed by atoms with Crippen LogP contribution in [0.15, 0.2) is 48.5 Å². The van der Waals surface area contributed by atoms with Crippen molar-refractivity contribution in [2.24, 2.45) is 11.8 Å². The quantitative estimate of drug-likeness (QED) is 0.756. The number of aliphatic hydroxyl groups is 1. The lowest BCUT2D eigenvalue weighted by atomic mass is 9.90. The first-order valence-corrected chi connectivity index (χ1v) is 10.0. The van der Waals surface area contributed by atoms with Crippen molar-refractivity contribution in [2.75, 3.05) is 32.6 Å². The smallest absolute Gasteiger partial charge is 0.337 e. The second-order valence-corrected chi connectivity index (χ2v) is 8.10. The van der Waals surface area contributed by atoms with Gasteiger partial charge in [0, 0.05) is 18.8 Å². The molecule has 2 fully saturated rings. The number of hydrogen-bond donors (Lipinski definition) is 2. The molecule has 0 aromatic heterocycles. The average molecular weight is 410 g/mol. The Hall–Kier alpha value is -3.06. The van der Waals surface area contributed by atoms with Crippen LogP contribution in [-0.4, -0.2) is 49.3 Å². The van der Waals surface area contributed by atoms with Gasteiger partial charge in [-0.05, 0) is 66.6 Å². The van der Waals surface area contributed by atoms with Crippen molar-refractivity contribution in [1.82, 2.24) is 4.90 Å². The lowest BCUT2D eigenvalue weighted by molar-refractivity contribution is 0.0326. The molecule has 0 unspecified atom stereocenters. The first kappa shape index (κ1) is 20.2. The van der Waals surface area contributed by atoms with E-state index in [4.69, 9.17) is 4.74 Å². The van der Waals surface area contributed by atoms with Gasteiger partial charge in [0.1, 0.15) is 5.75 Å². The van der Waals surface area contributed by atoms with E-state index in [1.165, 1.54) is 7.11 Å². The van der Waals surface area contributed by atoms with Crippen molar-refractivity contribution in [2.45, 2.75) is 18.4 Å². The van der Waals surface area contributed by atoms with Crippen molar-refractivity contribution in [3.63, 3.8) is 0 Å². The van der Waals surface area contributed by atoms with Gasteiger partial charge in [-0.25, -0.2) is 9.59 Å². The highest BCUT2D eigenvalue weighted by Gasteiger charge is 2.50. The number of carbonyl (C=O) groups is 2. The van der Waals surface area contributed by atoms with Crippen LogP contribution in [0.4, 0.5) is 10.5 Å². The summed E-state index contributed by atoms with van der Waals surface area (Å²) < 4.78 is 9.97. The average Bonchev–Trinajstić information content (AvgIpc) is 3.29. The first-order valence-electron chi connectivity index (χ1n) is 10.0. The molecular formula is C23H26N2O5. The third-order valence-electron chi connectivity index (χ3n) is 6.23. The number of rotatable bonds is 4. The van der Waals surface area contributed by atoms with Gasteiger partial charge >= 0.3 is 12.0 Å². The minimum Gasteiger partial charge on any atom is -0.497 e. The van der Waals surface area contributed by atoms with Crippen LogP contribution < -0.4 is 10.1 Å². The number of urea groups is 1. The van der Waals surface area contributed by atoms with E-state index in [-0.39, 0.29) is 17.9 Å². The lowest BCUT2D eigenvalue weighted by Gasteiger charge is -2.27. The molecule has 2 amide bonds. The van der Waals surface area contributed by atoms with Crippen LogP contribution in [0.25, 0.3) is 0 Å². The number of nitrogens with zero attached hydrogens (tertiary/aromatic N) is 1. The molecule has 1 saturated heterocycles. The zero-order chi connectivity index (χ0) is 21.3. The van der Waals surface area contributed by atoms with Gasteiger partial charge in [0.15, 0.2) is 0 Å². The molecule has 0 radical (unpaired) electrons. The molecule has 2 aromatic rings. The van der Waals surface area contributed by atoms with Crippen molar-refractivity contribution in [3.05, 3.63) is 59.7 Å². The van der Waals surface area contributed by atoms with Gasteiger partial charge in [-0.1, -0.05) is 12.1 Å². The molecule has 158 valence electrons. The summed E-state index contributed by atoms with van der Waals surface area (Å²) >= 11 is 0. The normalized spacial score (nSPS) is 25.0. The Morgan fingerprint density at radius 3 is 2.33 bits per heavy atom. The SMILES string of the molecule is COC(=O)c1ccc(NC(=O)N2C[C@@H]3C[C@@](O)(c4cccc(OC)c4)C[C@@H]3C2)cc1. The fraction of sp³-hybridized carbons (Fsp3) is 0.391. The molecule has 1 aliphatic heterocycles. The molecule has 1 heterocycles. The van der Waals surface area contributed by atoms with Gasteiger partial charge < -0.3 is 24.8 Å². The van der Waals surface area contributed by atoms with Gasteiger partial charge in [0.2, 0.25) is 0 Å². The summed E-state index contributed by atoms with van der Waals surface area (Å²) in [6, 6.07) is 14.0. The summed E-state index contributed by atoms with van der Waals surface area (Å²) in [7, 11) is 2.95. The summed E-state index contributed by atoms with van der Waals surface area (Å²) in [5, 5.41) is 14.1. The molecule has 2 N–H and O–H groups in total. The zero-order valence-corrected chi connectivity index (χ0v) is 17.1. The lowest BCUT2D eigenvalue weighted by Crippen LogP contribution is -2.35. The fourth-order valence-electron chi connectivity index (χ4n) is 4.68. The molecule has 30 heavy (non-hydrogen) atoms. The van der Waals surface area contributed by atoms with E-state index >= 15 is 0 Å². The molecule has 7 heteroatoms. The zero-order valence-electron chi connectivity index (χ0n) is 17.1. The maximum absolute atomic E-state index is 12.7. The fourth-order valence-corrected chi connectivity index (χ4v) is 4.68. The Balaban J connectivity index is 1.37. The van der Waals surface area contributed by atoms with Crippen LogP contribution in [0.1, 0.15) is 28.8 Å². The van der Waals surface area contributed by atoms with E-state index in [1.54, 1.807) is 36.3 Å². The molecule has 2 aliphatic rings. The van der Waals surface area contributed by atoms with Crippen LogP contribution in [0.2, 0.25) is 0 Å². The van der Waals surface area contributed by atoms with Crippen LogP contribution in [-0.2, 0) is 10.3 Å². The minimum atomic E-state index is -0.879. The Labute approximate surface area is 175 Å². The number of nitrogens with one attached hydrogen (secondary N) is 1. The van der Waals surface area contributed by atoms with E-state index in [1.807, 2.05) is 24.3 Å². The molecule has 1 aliphatic carbocycles. The number of carbonyl (C=O) groups excluding carboxylic acids is 2. The standard InChI is InChI=1S/C23H26N2O5/c1-29-20-5-3-4-18(10-20)23(28)11-16-13-25(14-17(16)12-23)22(27)24-19-8-6-15(7-9-19)21(26)30-2/h3-10,16-17,28H,11-14H2,1-2H3,(H,24,27)/t16-,17+,23-. The van der Waals surface area contributed by atoms with E-state index in [0.29, 0.717) is 37.2 Å². The molecule has 0 bridgehead atoms. The molecule has 0 spiro atoms. The van der Waals surface area contributed by atoms with Crippen molar-refractivity contribution >= 4 is 17.7 Å².